The Kier molecular flexibility index (Phi) is 13.0. The van der Waals surface area contributed by atoms with Crippen molar-refractivity contribution < 1.29 is 9.66 Å². The number of nitrogens with two attached hydrogens (primary N) is 2. The average Bonchev–Trinajstić information content (AvgIpc) is 3.04. The molecule has 2 atom stereocenters. The minimum atomic E-state index is -0.454. The van der Waals surface area contributed by atoms with Crippen LogP contribution in [0.4, 0.5) is 11.4 Å². The van der Waals surface area contributed by atoms with Crippen molar-refractivity contribution in [3.8, 4) is 17.9 Å². The molecule has 1 aromatic heterocycles. The van der Waals surface area contributed by atoms with E-state index in [-0.39, 0.29) is 28.1 Å². The summed E-state index contributed by atoms with van der Waals surface area (Å²) in [4.78, 5) is 14.3. The number of rotatable bonds is 4. The van der Waals surface area contributed by atoms with E-state index in [1.807, 2.05) is 69.3 Å². The number of nitro benzene ring substituents is 1. The van der Waals surface area contributed by atoms with Gasteiger partial charge in [0.05, 0.1) is 50.9 Å². The van der Waals surface area contributed by atoms with Gasteiger partial charge >= 0.3 is 0 Å². The number of methoxy groups -OCH3 is 1. The molecule has 9 nitrogen and oxygen atoms in total. The number of pyridine rings is 1. The van der Waals surface area contributed by atoms with Gasteiger partial charge < -0.3 is 16.2 Å². The largest absolute Gasteiger partial charge is 0.497 e. The number of nitro groups is 1. The second-order valence-corrected chi connectivity index (χ2v) is 13.5. The standard InChI is InChI=1S/C15H12N2O.C10H14N2O2.C10H12N2S2/c1-18-15-7-5-12(6-8-15)13(11-16)10-14-4-2-3-9-17-14;1-10(2,3)7-4-5-8(11)9(6-7)12(13)14;11-5-8-6-3-1-2-4-7(6)10(13)14-9(8)12/h2-10H,1H3;4-6H,11H2,1-3H3;8-9H,1-4,12H2/b13-10+;;. The molecule has 2 aliphatic rings. The topological polar surface area (TPSA) is 165 Å². The van der Waals surface area contributed by atoms with Crippen molar-refractivity contribution in [2.45, 2.75) is 57.2 Å². The molecular formula is C35H38N6O3S2. The number of thioether (sulfide) groups is 1. The average molecular weight is 655 g/mol. The Balaban J connectivity index is 0.000000190. The van der Waals surface area contributed by atoms with Gasteiger partial charge in [-0.05, 0) is 102 Å². The fraction of sp³-hybridized carbons (Fsp3) is 0.314. The van der Waals surface area contributed by atoms with E-state index in [1.54, 1.807) is 25.4 Å². The van der Waals surface area contributed by atoms with Crippen molar-refractivity contribution >= 4 is 51.2 Å². The molecule has 3 aromatic rings. The Labute approximate surface area is 280 Å². The molecule has 1 aliphatic heterocycles. The molecule has 0 saturated carbocycles. The third-order valence-corrected chi connectivity index (χ3v) is 8.98. The Morgan fingerprint density at radius 2 is 1.83 bits per heavy atom. The zero-order valence-corrected chi connectivity index (χ0v) is 28.0. The summed E-state index contributed by atoms with van der Waals surface area (Å²) < 4.78 is 6.02. The Morgan fingerprint density at radius 3 is 2.39 bits per heavy atom. The molecule has 4 N–H and O–H groups in total. The van der Waals surface area contributed by atoms with E-state index in [2.05, 4.69) is 17.1 Å². The maximum atomic E-state index is 10.6. The molecule has 0 amide bonds. The van der Waals surface area contributed by atoms with Gasteiger partial charge in [-0.25, -0.2) is 0 Å². The van der Waals surface area contributed by atoms with Crippen LogP contribution in [0.3, 0.4) is 0 Å². The van der Waals surface area contributed by atoms with Crippen molar-refractivity contribution in [2.24, 2.45) is 11.7 Å². The number of nitrogens with zero attached hydrogens (tertiary/aromatic N) is 4. The molecule has 0 bridgehead atoms. The zero-order valence-electron chi connectivity index (χ0n) is 26.4. The number of ether oxygens (including phenoxy) is 1. The van der Waals surface area contributed by atoms with Crippen LogP contribution in [0.2, 0.25) is 0 Å². The highest BCUT2D eigenvalue weighted by atomic mass is 32.2. The highest BCUT2D eigenvalue weighted by Gasteiger charge is 2.33. The van der Waals surface area contributed by atoms with Crippen molar-refractivity contribution in [1.29, 1.82) is 10.5 Å². The summed E-state index contributed by atoms with van der Waals surface area (Å²) in [6, 6.07) is 22.4. The first-order valence-corrected chi connectivity index (χ1v) is 16.0. The molecule has 238 valence electrons. The minimum Gasteiger partial charge on any atom is -0.497 e. The van der Waals surface area contributed by atoms with Gasteiger partial charge in [-0.1, -0.05) is 56.9 Å². The molecule has 0 radical (unpaired) electrons. The van der Waals surface area contributed by atoms with Crippen LogP contribution in [-0.2, 0) is 5.41 Å². The lowest BCUT2D eigenvalue weighted by Crippen LogP contribution is -2.34. The smallest absolute Gasteiger partial charge is 0.292 e. The van der Waals surface area contributed by atoms with Gasteiger partial charge in [0, 0.05) is 12.3 Å². The number of benzene rings is 2. The van der Waals surface area contributed by atoms with E-state index in [4.69, 9.17) is 33.7 Å². The second-order valence-electron chi connectivity index (χ2n) is 11.6. The quantitative estimate of drug-likeness (QED) is 0.0926. The summed E-state index contributed by atoms with van der Waals surface area (Å²) in [5.41, 5.74) is 17.1. The minimum absolute atomic E-state index is 0.0163. The molecule has 0 spiro atoms. The normalized spacial score (nSPS) is 17.5. The van der Waals surface area contributed by atoms with Crippen LogP contribution >= 0.6 is 24.0 Å². The van der Waals surface area contributed by atoms with Gasteiger partial charge in [0.2, 0.25) is 0 Å². The molecule has 2 heterocycles. The first kappa shape index (κ1) is 35.9. The second kappa shape index (κ2) is 16.7. The summed E-state index contributed by atoms with van der Waals surface area (Å²) >= 11 is 6.79. The number of nitrogen functional groups attached to an aromatic ring is 1. The number of aromatic nitrogens is 1. The molecule has 11 heteroatoms. The van der Waals surface area contributed by atoms with Crippen molar-refractivity contribution in [2.75, 3.05) is 12.8 Å². The maximum Gasteiger partial charge on any atom is 0.292 e. The van der Waals surface area contributed by atoms with Crippen LogP contribution in [0, 0.1) is 38.7 Å². The van der Waals surface area contributed by atoms with Crippen molar-refractivity contribution in [3.05, 3.63) is 105 Å². The molecule has 2 aromatic carbocycles. The maximum absolute atomic E-state index is 10.6. The third-order valence-electron chi connectivity index (χ3n) is 7.44. The zero-order chi connectivity index (χ0) is 33.9. The first-order valence-electron chi connectivity index (χ1n) is 14.7. The fourth-order valence-corrected chi connectivity index (χ4v) is 6.40. The van der Waals surface area contributed by atoms with Gasteiger partial charge in [-0.2, -0.15) is 10.5 Å². The van der Waals surface area contributed by atoms with Crippen LogP contribution in [0.1, 0.15) is 63.3 Å². The lowest BCUT2D eigenvalue weighted by molar-refractivity contribution is -0.384. The third kappa shape index (κ3) is 9.72. The molecule has 2 unspecified atom stereocenters. The number of anilines is 1. The van der Waals surface area contributed by atoms with E-state index in [0.29, 0.717) is 5.57 Å². The SMILES string of the molecule is CC(C)(C)c1ccc(N)c([N+](=O)[O-])c1.COc1ccc(/C(C#N)=C/c2ccccn2)cc1.N#CC1C2=C(CCCC2)C(=S)SC1N. The summed E-state index contributed by atoms with van der Waals surface area (Å²) in [5.74, 6) is 0.663. The van der Waals surface area contributed by atoms with Gasteiger partial charge in [0.15, 0.2) is 0 Å². The van der Waals surface area contributed by atoms with Gasteiger partial charge in [0.1, 0.15) is 11.4 Å². The van der Waals surface area contributed by atoms with E-state index >= 15 is 0 Å². The Hall–Kier alpha value is -4.55. The highest BCUT2D eigenvalue weighted by Crippen LogP contribution is 2.41. The summed E-state index contributed by atoms with van der Waals surface area (Å²) in [6.45, 7) is 6.01. The predicted octanol–water partition coefficient (Wildman–Crippen LogP) is 7.98. The number of thiocarbonyl (C=S) groups is 1. The highest BCUT2D eigenvalue weighted by molar-refractivity contribution is 8.24. The Bertz CT molecular complexity index is 1680. The van der Waals surface area contributed by atoms with Crippen LogP contribution < -0.4 is 16.2 Å². The number of hydrogen-bond donors (Lipinski definition) is 2. The van der Waals surface area contributed by atoms with Gasteiger partial charge in [-0.15, -0.1) is 0 Å². The van der Waals surface area contributed by atoms with E-state index < -0.39 is 4.92 Å². The van der Waals surface area contributed by atoms with Crippen molar-refractivity contribution in [1.82, 2.24) is 4.98 Å². The molecule has 1 aliphatic carbocycles. The van der Waals surface area contributed by atoms with E-state index in [1.165, 1.54) is 41.8 Å². The van der Waals surface area contributed by atoms with E-state index in [9.17, 15) is 15.4 Å². The van der Waals surface area contributed by atoms with Crippen LogP contribution in [0.25, 0.3) is 11.6 Å². The van der Waals surface area contributed by atoms with Gasteiger partial charge in [-0.3, -0.25) is 15.1 Å². The monoisotopic (exact) mass is 654 g/mol. The molecule has 5 rings (SSSR count). The van der Waals surface area contributed by atoms with Crippen LogP contribution in [0.15, 0.2) is 78.0 Å². The number of nitriles is 2. The molecule has 0 fully saturated rings. The van der Waals surface area contributed by atoms with Crippen LogP contribution in [0.5, 0.6) is 5.75 Å². The van der Waals surface area contributed by atoms with Crippen molar-refractivity contribution in [3.63, 3.8) is 0 Å². The lowest BCUT2D eigenvalue weighted by atomic mass is 9.84. The number of hydrogen-bond acceptors (Lipinski definition) is 10. The first-order chi connectivity index (χ1) is 21.9. The van der Waals surface area contributed by atoms with Gasteiger partial charge in [0.25, 0.3) is 5.69 Å². The molecule has 0 saturated heterocycles. The number of allylic oxidation sites excluding steroid dienone is 1. The molecular weight excluding hydrogens is 617 g/mol. The fourth-order valence-electron chi connectivity index (χ4n) is 4.85. The lowest BCUT2D eigenvalue weighted by Gasteiger charge is -2.32. The summed E-state index contributed by atoms with van der Waals surface area (Å²) in [6.07, 6.45) is 7.91. The predicted molar refractivity (Wildman–Crippen MR) is 190 cm³/mol. The van der Waals surface area contributed by atoms with E-state index in [0.717, 1.165) is 39.6 Å². The van der Waals surface area contributed by atoms with Crippen LogP contribution in [-0.4, -0.2) is 26.6 Å². The molecule has 46 heavy (non-hydrogen) atoms. The Morgan fingerprint density at radius 1 is 1.13 bits per heavy atom. The summed E-state index contributed by atoms with van der Waals surface area (Å²) in [5, 5.41) is 28.7. The summed E-state index contributed by atoms with van der Waals surface area (Å²) in [7, 11) is 1.62.